The number of likely N-dealkylation sites (tertiary alicyclic amines) is 2. The number of aliphatic carboxylic acids is 1. The van der Waals surface area contributed by atoms with E-state index < -0.39 is 5.97 Å². The molecule has 0 saturated carbocycles. The minimum atomic E-state index is -0.773. The fraction of sp³-hybridized carbons (Fsp3) is 0.933. The molecule has 5 heteroatoms. The summed E-state index contributed by atoms with van der Waals surface area (Å²) >= 11 is 0. The first-order chi connectivity index (χ1) is 9.65. The van der Waals surface area contributed by atoms with Crippen molar-refractivity contribution in [2.75, 3.05) is 39.8 Å². The number of carboxylic acid groups (broad SMARTS) is 1. The van der Waals surface area contributed by atoms with Gasteiger partial charge in [-0.05, 0) is 52.2 Å². The second-order valence-corrected chi connectivity index (χ2v) is 6.14. The summed E-state index contributed by atoms with van der Waals surface area (Å²) in [4.78, 5) is 15.5. The van der Waals surface area contributed by atoms with Gasteiger partial charge in [-0.2, -0.15) is 0 Å². The van der Waals surface area contributed by atoms with Crippen LogP contribution in [0.4, 0.5) is 0 Å². The summed E-state index contributed by atoms with van der Waals surface area (Å²) in [7, 11) is 2.21. The zero-order valence-corrected chi connectivity index (χ0v) is 12.6. The minimum absolute atomic E-state index is 0.120. The second kappa shape index (κ2) is 7.96. The number of hydrogen-bond acceptors (Lipinski definition) is 4. The van der Waals surface area contributed by atoms with Gasteiger partial charge in [-0.15, -0.1) is 0 Å². The highest BCUT2D eigenvalue weighted by atomic mass is 16.5. The predicted molar refractivity (Wildman–Crippen MR) is 77.9 cm³/mol. The first-order valence-corrected chi connectivity index (χ1v) is 7.91. The van der Waals surface area contributed by atoms with Crippen molar-refractivity contribution in [3.05, 3.63) is 0 Å². The van der Waals surface area contributed by atoms with Gasteiger partial charge in [-0.3, -0.25) is 4.79 Å². The summed E-state index contributed by atoms with van der Waals surface area (Å²) in [6, 6.07) is 0.736. The van der Waals surface area contributed by atoms with E-state index in [1.807, 2.05) is 0 Å². The molecule has 0 aromatic carbocycles. The Bertz CT molecular complexity index is 303. The Balaban J connectivity index is 1.67. The molecule has 2 rings (SSSR count). The number of carboxylic acids is 1. The lowest BCUT2D eigenvalue weighted by Crippen LogP contribution is -2.43. The summed E-state index contributed by atoms with van der Waals surface area (Å²) in [5.41, 5.74) is 0. The molecule has 0 bridgehead atoms. The van der Waals surface area contributed by atoms with Gasteiger partial charge in [0.25, 0.3) is 0 Å². The first kappa shape index (κ1) is 15.7. The molecule has 20 heavy (non-hydrogen) atoms. The van der Waals surface area contributed by atoms with Crippen LogP contribution in [0.25, 0.3) is 0 Å². The summed E-state index contributed by atoms with van der Waals surface area (Å²) in [5.74, 6) is -0.773. The van der Waals surface area contributed by atoms with Gasteiger partial charge >= 0.3 is 5.97 Å². The van der Waals surface area contributed by atoms with Crippen LogP contribution in [0.2, 0.25) is 0 Å². The van der Waals surface area contributed by atoms with E-state index in [4.69, 9.17) is 9.84 Å². The Morgan fingerprint density at radius 3 is 2.60 bits per heavy atom. The van der Waals surface area contributed by atoms with Gasteiger partial charge in [0, 0.05) is 19.1 Å². The van der Waals surface area contributed by atoms with E-state index in [0.717, 1.165) is 32.0 Å². The van der Waals surface area contributed by atoms with Crippen molar-refractivity contribution >= 4 is 5.97 Å². The lowest BCUT2D eigenvalue weighted by molar-refractivity contribution is -0.138. The maximum atomic E-state index is 10.5. The van der Waals surface area contributed by atoms with Crippen molar-refractivity contribution in [3.8, 4) is 0 Å². The van der Waals surface area contributed by atoms with E-state index in [-0.39, 0.29) is 12.5 Å². The molecule has 1 atom stereocenters. The molecule has 1 unspecified atom stereocenters. The monoisotopic (exact) mass is 284 g/mol. The van der Waals surface area contributed by atoms with Crippen molar-refractivity contribution < 1.29 is 14.6 Å². The third kappa shape index (κ3) is 5.04. The number of piperidine rings is 1. The lowest BCUT2D eigenvalue weighted by atomic mass is 10.0. The van der Waals surface area contributed by atoms with Crippen LogP contribution in [0.3, 0.4) is 0 Å². The van der Waals surface area contributed by atoms with Gasteiger partial charge in [-0.1, -0.05) is 0 Å². The van der Waals surface area contributed by atoms with Crippen LogP contribution in [0.15, 0.2) is 0 Å². The molecule has 0 amide bonds. The zero-order valence-electron chi connectivity index (χ0n) is 12.6. The third-order valence-corrected chi connectivity index (χ3v) is 4.58. The number of nitrogens with zero attached hydrogens (tertiary/aromatic N) is 2. The van der Waals surface area contributed by atoms with Gasteiger partial charge in [0.1, 0.15) is 0 Å². The van der Waals surface area contributed by atoms with Crippen molar-refractivity contribution in [1.82, 2.24) is 9.80 Å². The van der Waals surface area contributed by atoms with Gasteiger partial charge in [0.15, 0.2) is 0 Å². The summed E-state index contributed by atoms with van der Waals surface area (Å²) in [6.07, 6.45) is 6.37. The molecule has 0 aromatic heterocycles. The fourth-order valence-corrected chi connectivity index (χ4v) is 3.31. The summed E-state index contributed by atoms with van der Waals surface area (Å²) in [5, 5.41) is 8.61. The predicted octanol–water partition coefficient (Wildman–Crippen LogP) is 1.43. The third-order valence-electron chi connectivity index (χ3n) is 4.58. The van der Waals surface area contributed by atoms with Crippen molar-refractivity contribution in [2.24, 2.45) is 0 Å². The Hall–Kier alpha value is -0.650. The summed E-state index contributed by atoms with van der Waals surface area (Å²) in [6.45, 7) is 5.00. The molecule has 2 aliphatic heterocycles. The minimum Gasteiger partial charge on any atom is -0.481 e. The first-order valence-electron chi connectivity index (χ1n) is 7.91. The van der Waals surface area contributed by atoms with E-state index in [9.17, 15) is 4.79 Å². The maximum Gasteiger partial charge on any atom is 0.305 e. The Kier molecular flexibility index (Phi) is 6.26. The molecule has 2 saturated heterocycles. The Labute approximate surface area is 121 Å². The average Bonchev–Trinajstić information content (AvgIpc) is 2.64. The van der Waals surface area contributed by atoms with Crippen molar-refractivity contribution in [2.45, 2.75) is 50.7 Å². The van der Waals surface area contributed by atoms with Crippen LogP contribution >= 0.6 is 0 Å². The maximum absolute atomic E-state index is 10.5. The highest BCUT2D eigenvalue weighted by molar-refractivity contribution is 5.66. The molecule has 0 spiro atoms. The van der Waals surface area contributed by atoms with Crippen LogP contribution in [0, 0.1) is 0 Å². The Morgan fingerprint density at radius 2 is 1.90 bits per heavy atom. The van der Waals surface area contributed by atoms with Crippen LogP contribution in [0.1, 0.15) is 38.5 Å². The van der Waals surface area contributed by atoms with E-state index >= 15 is 0 Å². The smallest absolute Gasteiger partial charge is 0.305 e. The zero-order chi connectivity index (χ0) is 14.4. The largest absolute Gasteiger partial charge is 0.481 e. The molecular formula is C15H28N2O3. The number of hydrogen-bond donors (Lipinski definition) is 1. The molecule has 2 fully saturated rings. The van der Waals surface area contributed by atoms with Gasteiger partial charge in [0.2, 0.25) is 0 Å². The molecule has 1 N–H and O–H groups in total. The molecule has 0 aromatic rings. The normalized spacial score (nSPS) is 27.4. The van der Waals surface area contributed by atoms with Gasteiger partial charge in [0.05, 0.1) is 19.1 Å². The lowest BCUT2D eigenvalue weighted by Gasteiger charge is -2.37. The fourth-order valence-electron chi connectivity index (χ4n) is 3.31. The van der Waals surface area contributed by atoms with Gasteiger partial charge < -0.3 is 19.6 Å². The van der Waals surface area contributed by atoms with Crippen LogP contribution < -0.4 is 0 Å². The van der Waals surface area contributed by atoms with Crippen LogP contribution in [-0.4, -0.2) is 72.9 Å². The van der Waals surface area contributed by atoms with E-state index in [1.54, 1.807) is 0 Å². The van der Waals surface area contributed by atoms with Crippen LogP contribution in [-0.2, 0) is 9.53 Å². The van der Waals surface area contributed by atoms with Crippen LogP contribution in [0.5, 0.6) is 0 Å². The molecule has 2 heterocycles. The van der Waals surface area contributed by atoms with E-state index in [1.165, 1.54) is 32.4 Å². The number of rotatable bonds is 5. The van der Waals surface area contributed by atoms with Crippen molar-refractivity contribution in [1.29, 1.82) is 0 Å². The summed E-state index contributed by atoms with van der Waals surface area (Å²) < 4.78 is 5.66. The topological polar surface area (TPSA) is 53.0 Å². The van der Waals surface area contributed by atoms with Crippen molar-refractivity contribution in [3.63, 3.8) is 0 Å². The SMILES string of the molecule is CN1CCCC(N2CCC(OCCC(=O)O)CC2)CC1. The van der Waals surface area contributed by atoms with E-state index in [2.05, 4.69) is 16.8 Å². The quantitative estimate of drug-likeness (QED) is 0.827. The highest BCUT2D eigenvalue weighted by Gasteiger charge is 2.26. The van der Waals surface area contributed by atoms with E-state index in [0.29, 0.717) is 6.61 Å². The molecule has 0 aliphatic carbocycles. The molecule has 5 nitrogen and oxygen atoms in total. The average molecular weight is 284 g/mol. The Morgan fingerprint density at radius 1 is 1.15 bits per heavy atom. The standard InChI is InChI=1S/C15H28N2O3/c1-16-8-2-3-13(4-9-16)17-10-5-14(6-11-17)20-12-7-15(18)19/h13-14H,2-12H2,1H3,(H,18,19). The number of ether oxygens (including phenoxy) is 1. The molecule has 116 valence electrons. The molecule has 2 aliphatic rings. The number of carbonyl (C=O) groups is 1. The highest BCUT2D eigenvalue weighted by Crippen LogP contribution is 2.22. The van der Waals surface area contributed by atoms with Gasteiger partial charge in [-0.25, -0.2) is 0 Å². The molecular weight excluding hydrogens is 256 g/mol. The second-order valence-electron chi connectivity index (χ2n) is 6.14. The molecule has 0 radical (unpaired) electrons.